The van der Waals surface area contributed by atoms with Crippen molar-refractivity contribution < 1.29 is 9.18 Å². The second kappa shape index (κ2) is 5.42. The number of rotatable bonds is 3. The molecule has 2 rings (SSSR count). The number of hydrogen-bond acceptors (Lipinski definition) is 3. The summed E-state index contributed by atoms with van der Waals surface area (Å²) in [6.45, 7) is 5.26. The Hall–Kier alpha value is -2.21. The van der Waals surface area contributed by atoms with E-state index in [0.29, 0.717) is 11.4 Å². The number of carbonyl (C=O) groups is 1. The van der Waals surface area contributed by atoms with Crippen LogP contribution in [0, 0.1) is 19.7 Å². The molecule has 20 heavy (non-hydrogen) atoms. The van der Waals surface area contributed by atoms with Crippen LogP contribution in [0.4, 0.5) is 10.1 Å². The Morgan fingerprint density at radius 1 is 1.40 bits per heavy atom. The zero-order valence-electron chi connectivity index (χ0n) is 11.6. The van der Waals surface area contributed by atoms with Gasteiger partial charge in [0.05, 0.1) is 11.7 Å². The lowest BCUT2D eigenvalue weighted by molar-refractivity contribution is -0.117. The molecule has 0 radical (unpaired) electrons. The van der Waals surface area contributed by atoms with Crippen molar-refractivity contribution in [3.63, 3.8) is 0 Å². The molecule has 1 atom stereocenters. The van der Waals surface area contributed by atoms with E-state index < -0.39 is 11.9 Å². The van der Waals surface area contributed by atoms with Crippen molar-refractivity contribution in [2.75, 3.05) is 5.32 Å². The predicted octanol–water partition coefficient (Wildman–Crippen LogP) is 1.91. The fourth-order valence-corrected chi connectivity index (χ4v) is 1.89. The van der Waals surface area contributed by atoms with Crippen molar-refractivity contribution in [3.8, 4) is 5.69 Å². The summed E-state index contributed by atoms with van der Waals surface area (Å²) in [5.41, 5.74) is 7.82. The van der Waals surface area contributed by atoms with Gasteiger partial charge in [-0.15, -0.1) is 0 Å². The van der Waals surface area contributed by atoms with E-state index in [1.165, 1.54) is 10.7 Å². The van der Waals surface area contributed by atoms with E-state index in [2.05, 4.69) is 10.4 Å². The average Bonchev–Trinajstić information content (AvgIpc) is 2.68. The number of hydrogen-bond donors (Lipinski definition) is 2. The van der Waals surface area contributed by atoms with Gasteiger partial charge in [0, 0.05) is 11.4 Å². The number of nitrogens with zero attached hydrogens (tertiary/aromatic N) is 2. The molecule has 0 saturated heterocycles. The fraction of sp³-hybridized carbons (Fsp3) is 0.286. The van der Waals surface area contributed by atoms with Crippen LogP contribution in [0.15, 0.2) is 24.3 Å². The van der Waals surface area contributed by atoms with Gasteiger partial charge >= 0.3 is 0 Å². The van der Waals surface area contributed by atoms with Crippen LogP contribution in [-0.2, 0) is 4.79 Å². The van der Waals surface area contributed by atoms with Gasteiger partial charge < -0.3 is 11.1 Å². The van der Waals surface area contributed by atoms with E-state index in [1.807, 2.05) is 19.9 Å². The minimum Gasteiger partial charge on any atom is -0.325 e. The van der Waals surface area contributed by atoms with Crippen LogP contribution in [0.25, 0.3) is 5.69 Å². The number of aromatic nitrogens is 2. The van der Waals surface area contributed by atoms with Crippen LogP contribution in [0.1, 0.15) is 18.3 Å². The highest BCUT2D eigenvalue weighted by molar-refractivity contribution is 5.94. The van der Waals surface area contributed by atoms with E-state index >= 15 is 0 Å². The highest BCUT2D eigenvalue weighted by atomic mass is 19.1. The first-order chi connectivity index (χ1) is 9.38. The minimum absolute atomic E-state index is 0.342. The molecule has 6 heteroatoms. The molecule has 0 aliphatic rings. The van der Waals surface area contributed by atoms with Crippen LogP contribution in [0.2, 0.25) is 0 Å². The standard InChI is InChI=1S/C14H17FN4O/c1-8-6-9(2)19(18-8)13-5-4-11(7-12(13)15)17-14(20)10(3)16/h4-7,10H,16H2,1-3H3,(H,17,20)/t10-/m0/s1. The van der Waals surface area contributed by atoms with Crippen molar-refractivity contribution in [1.82, 2.24) is 9.78 Å². The van der Waals surface area contributed by atoms with Gasteiger partial charge in [0.2, 0.25) is 5.91 Å². The quantitative estimate of drug-likeness (QED) is 0.899. The minimum atomic E-state index is -0.645. The Kier molecular flexibility index (Phi) is 3.85. The monoisotopic (exact) mass is 276 g/mol. The summed E-state index contributed by atoms with van der Waals surface area (Å²) in [4.78, 5) is 11.5. The zero-order chi connectivity index (χ0) is 14.9. The topological polar surface area (TPSA) is 72.9 Å². The maximum Gasteiger partial charge on any atom is 0.241 e. The van der Waals surface area contributed by atoms with Gasteiger partial charge in [-0.1, -0.05) is 0 Å². The largest absolute Gasteiger partial charge is 0.325 e. The lowest BCUT2D eigenvalue weighted by Gasteiger charge is -2.10. The summed E-state index contributed by atoms with van der Waals surface area (Å²) in [6, 6.07) is 5.67. The highest BCUT2D eigenvalue weighted by Gasteiger charge is 2.12. The molecular formula is C14H17FN4O. The average molecular weight is 276 g/mol. The molecule has 0 saturated carbocycles. The third-order valence-corrected chi connectivity index (χ3v) is 2.87. The molecule has 2 aromatic rings. The van der Waals surface area contributed by atoms with E-state index in [9.17, 15) is 9.18 Å². The number of carbonyl (C=O) groups excluding carboxylic acids is 1. The summed E-state index contributed by atoms with van der Waals surface area (Å²) < 4.78 is 15.7. The summed E-state index contributed by atoms with van der Waals surface area (Å²) >= 11 is 0. The first-order valence-corrected chi connectivity index (χ1v) is 6.28. The second-order valence-electron chi connectivity index (χ2n) is 4.78. The number of amides is 1. The van der Waals surface area contributed by atoms with Gasteiger partial charge in [-0.25, -0.2) is 9.07 Å². The maximum absolute atomic E-state index is 14.1. The molecule has 1 heterocycles. The van der Waals surface area contributed by atoms with Gasteiger partial charge in [-0.05, 0) is 45.0 Å². The number of benzene rings is 1. The number of anilines is 1. The Labute approximate surface area is 116 Å². The normalized spacial score (nSPS) is 12.2. The van der Waals surface area contributed by atoms with Crippen LogP contribution in [-0.4, -0.2) is 21.7 Å². The Balaban J connectivity index is 2.31. The molecule has 0 bridgehead atoms. The van der Waals surface area contributed by atoms with Gasteiger partial charge in [-0.2, -0.15) is 5.10 Å². The molecule has 5 nitrogen and oxygen atoms in total. The van der Waals surface area contributed by atoms with Crippen molar-refractivity contribution >= 4 is 11.6 Å². The van der Waals surface area contributed by atoms with Gasteiger partial charge in [-0.3, -0.25) is 4.79 Å². The first kappa shape index (κ1) is 14.2. The van der Waals surface area contributed by atoms with Gasteiger partial charge in [0.1, 0.15) is 5.69 Å². The van der Waals surface area contributed by atoms with E-state index in [-0.39, 0.29) is 5.91 Å². The third kappa shape index (κ3) is 2.85. The molecule has 1 aromatic carbocycles. The number of nitrogens with one attached hydrogen (secondary N) is 1. The summed E-state index contributed by atoms with van der Waals surface area (Å²) in [5.74, 6) is -0.818. The SMILES string of the molecule is Cc1cc(C)n(-c2ccc(NC(=O)[C@H](C)N)cc2F)n1. The lowest BCUT2D eigenvalue weighted by Crippen LogP contribution is -2.32. The summed E-state index contributed by atoms with van der Waals surface area (Å²) in [6.07, 6.45) is 0. The van der Waals surface area contributed by atoms with E-state index in [1.54, 1.807) is 19.1 Å². The first-order valence-electron chi connectivity index (χ1n) is 6.28. The molecule has 1 amide bonds. The smallest absolute Gasteiger partial charge is 0.241 e. The van der Waals surface area contributed by atoms with Crippen LogP contribution in [0.5, 0.6) is 0 Å². The van der Waals surface area contributed by atoms with Crippen LogP contribution in [0.3, 0.4) is 0 Å². The molecular weight excluding hydrogens is 259 g/mol. The summed E-state index contributed by atoms with van der Waals surface area (Å²) in [5, 5.41) is 6.78. The molecule has 0 fully saturated rings. The summed E-state index contributed by atoms with van der Waals surface area (Å²) in [7, 11) is 0. The number of nitrogens with two attached hydrogens (primary N) is 1. The van der Waals surface area contributed by atoms with E-state index in [4.69, 9.17) is 5.73 Å². The van der Waals surface area contributed by atoms with Crippen molar-refractivity contribution in [2.45, 2.75) is 26.8 Å². The maximum atomic E-state index is 14.1. The second-order valence-corrected chi connectivity index (χ2v) is 4.78. The number of aryl methyl sites for hydroxylation is 2. The van der Waals surface area contributed by atoms with Crippen LogP contribution < -0.4 is 11.1 Å². The zero-order valence-corrected chi connectivity index (χ0v) is 11.6. The Morgan fingerprint density at radius 2 is 2.10 bits per heavy atom. The van der Waals surface area contributed by atoms with Crippen molar-refractivity contribution in [3.05, 3.63) is 41.5 Å². The number of halogens is 1. The molecule has 0 aliphatic heterocycles. The third-order valence-electron chi connectivity index (χ3n) is 2.87. The Morgan fingerprint density at radius 3 is 2.60 bits per heavy atom. The molecule has 0 aliphatic carbocycles. The molecule has 1 aromatic heterocycles. The highest BCUT2D eigenvalue weighted by Crippen LogP contribution is 2.20. The van der Waals surface area contributed by atoms with Crippen LogP contribution >= 0.6 is 0 Å². The Bertz CT molecular complexity index is 649. The predicted molar refractivity (Wildman–Crippen MR) is 75.3 cm³/mol. The van der Waals surface area contributed by atoms with Gasteiger partial charge in [0.15, 0.2) is 5.82 Å². The van der Waals surface area contributed by atoms with Gasteiger partial charge in [0.25, 0.3) is 0 Å². The molecule has 0 spiro atoms. The fourth-order valence-electron chi connectivity index (χ4n) is 1.89. The lowest BCUT2D eigenvalue weighted by atomic mass is 10.2. The van der Waals surface area contributed by atoms with Crippen molar-refractivity contribution in [2.24, 2.45) is 5.73 Å². The molecule has 106 valence electrons. The molecule has 0 unspecified atom stereocenters. The molecule has 3 N–H and O–H groups in total. The van der Waals surface area contributed by atoms with E-state index in [0.717, 1.165) is 11.4 Å². The van der Waals surface area contributed by atoms with Crippen molar-refractivity contribution in [1.29, 1.82) is 0 Å².